The van der Waals surface area contributed by atoms with E-state index in [2.05, 4.69) is 22.4 Å². The zero-order chi connectivity index (χ0) is 25.9. The Hall–Kier alpha value is -4.22. The lowest BCUT2D eigenvalue weighted by Crippen LogP contribution is -2.43. The maximum Gasteiger partial charge on any atom is 0.254 e. The number of hydrogen-bond donors (Lipinski definition) is 1. The fraction of sp³-hybridized carbons (Fsp3) is 0.310. The molecule has 3 heterocycles. The summed E-state index contributed by atoms with van der Waals surface area (Å²) in [6, 6.07) is 19.4. The first-order valence-corrected chi connectivity index (χ1v) is 12.5. The molecule has 1 aromatic heterocycles. The normalized spacial score (nSPS) is 19.1. The molecule has 2 aliphatic heterocycles. The summed E-state index contributed by atoms with van der Waals surface area (Å²) >= 11 is 0. The molecule has 1 fully saturated rings. The monoisotopic (exact) mass is 495 g/mol. The molecule has 8 heteroatoms. The van der Waals surface area contributed by atoms with E-state index in [4.69, 9.17) is 10.00 Å². The molecule has 2 aromatic carbocycles. The Bertz CT molecular complexity index is 1340. The maximum absolute atomic E-state index is 12.8. The van der Waals surface area contributed by atoms with Gasteiger partial charge in [-0.15, -0.1) is 0 Å². The Morgan fingerprint density at radius 2 is 1.78 bits per heavy atom. The van der Waals surface area contributed by atoms with Crippen LogP contribution in [0.15, 0.2) is 60.8 Å². The summed E-state index contributed by atoms with van der Waals surface area (Å²) in [6.45, 7) is 6.00. The van der Waals surface area contributed by atoms with Crippen LogP contribution >= 0.6 is 0 Å². The second-order valence-electron chi connectivity index (χ2n) is 9.47. The van der Waals surface area contributed by atoms with Gasteiger partial charge in [0.2, 0.25) is 5.91 Å². The number of nitrogens with one attached hydrogen (secondary N) is 1. The van der Waals surface area contributed by atoms with Gasteiger partial charge in [0.25, 0.3) is 5.91 Å². The topological polar surface area (TPSA) is 98.6 Å². The average Bonchev–Trinajstić information content (AvgIpc) is 2.93. The quantitative estimate of drug-likeness (QED) is 0.576. The van der Waals surface area contributed by atoms with Gasteiger partial charge in [-0.05, 0) is 66.4 Å². The zero-order valence-electron chi connectivity index (χ0n) is 21.0. The van der Waals surface area contributed by atoms with Gasteiger partial charge in [0.05, 0.1) is 24.8 Å². The van der Waals surface area contributed by atoms with Crippen LogP contribution in [-0.2, 0) is 9.53 Å². The van der Waals surface area contributed by atoms with Crippen LogP contribution in [0.2, 0.25) is 0 Å². The smallest absolute Gasteiger partial charge is 0.254 e. The van der Waals surface area contributed by atoms with Crippen molar-refractivity contribution < 1.29 is 14.3 Å². The van der Waals surface area contributed by atoms with Gasteiger partial charge in [0.15, 0.2) is 0 Å². The molecule has 8 nitrogen and oxygen atoms in total. The molecular formula is C29H29N5O3. The highest BCUT2D eigenvalue weighted by Gasteiger charge is 2.33. The molecular weight excluding hydrogens is 466 g/mol. The summed E-state index contributed by atoms with van der Waals surface area (Å²) in [5, 5.41) is 12.6. The van der Waals surface area contributed by atoms with Crippen LogP contribution in [0, 0.1) is 11.3 Å². The van der Waals surface area contributed by atoms with Crippen molar-refractivity contribution in [1.82, 2.24) is 9.88 Å². The van der Waals surface area contributed by atoms with Gasteiger partial charge in [0.1, 0.15) is 11.9 Å². The van der Waals surface area contributed by atoms with E-state index in [0.717, 1.165) is 22.4 Å². The summed E-state index contributed by atoms with van der Waals surface area (Å²) in [6.07, 6.45) is 2.26. The Morgan fingerprint density at radius 1 is 1.05 bits per heavy atom. The number of anilines is 2. The van der Waals surface area contributed by atoms with E-state index in [-0.39, 0.29) is 23.9 Å². The van der Waals surface area contributed by atoms with Crippen molar-refractivity contribution in [3.8, 4) is 17.2 Å². The van der Waals surface area contributed by atoms with E-state index >= 15 is 0 Å². The molecule has 5 rings (SSSR count). The number of nitriles is 1. The minimum absolute atomic E-state index is 0.00225. The molecule has 0 aliphatic carbocycles. The third kappa shape index (κ3) is 5.04. The second-order valence-corrected chi connectivity index (χ2v) is 9.47. The summed E-state index contributed by atoms with van der Waals surface area (Å²) in [4.78, 5) is 33.4. The van der Waals surface area contributed by atoms with Gasteiger partial charge in [-0.25, -0.2) is 4.98 Å². The standard InChI is InChI=1S/C29H29N5O3/c1-19-15-26(32-28-10-3-21(17-30)18-31-28)25-16-24(8-9-27(25)34(19)20(2)35)22-4-6-23(7-5-22)29(36)33-11-13-37-14-12-33/h3-10,16,18-19,26H,11-15H2,1-2H3,(H,31,32)/t19-,26+/m0/s1. The van der Waals surface area contributed by atoms with E-state index in [1.54, 1.807) is 25.3 Å². The lowest BCUT2D eigenvalue weighted by molar-refractivity contribution is -0.117. The molecule has 1 N–H and O–H groups in total. The van der Waals surface area contributed by atoms with Crippen molar-refractivity contribution in [3.05, 3.63) is 77.5 Å². The number of carbonyl (C=O) groups excluding carboxylic acids is 2. The maximum atomic E-state index is 12.8. The number of pyridine rings is 1. The van der Waals surface area contributed by atoms with E-state index in [1.807, 2.05) is 53.1 Å². The number of benzene rings is 2. The number of aromatic nitrogens is 1. The largest absolute Gasteiger partial charge is 0.378 e. The number of carbonyl (C=O) groups is 2. The molecule has 0 radical (unpaired) electrons. The van der Waals surface area contributed by atoms with E-state index in [0.29, 0.717) is 49.7 Å². The third-order valence-corrected chi connectivity index (χ3v) is 7.00. The Balaban J connectivity index is 1.45. The van der Waals surface area contributed by atoms with Crippen LogP contribution in [0.1, 0.15) is 47.8 Å². The summed E-state index contributed by atoms with van der Waals surface area (Å²) in [7, 11) is 0. The molecule has 2 aliphatic rings. The van der Waals surface area contributed by atoms with Crippen molar-refractivity contribution in [2.24, 2.45) is 0 Å². The summed E-state index contributed by atoms with van der Waals surface area (Å²) in [5.74, 6) is 0.697. The number of nitrogens with zero attached hydrogens (tertiary/aromatic N) is 4. The molecule has 0 bridgehead atoms. The van der Waals surface area contributed by atoms with Crippen molar-refractivity contribution >= 4 is 23.3 Å². The van der Waals surface area contributed by atoms with E-state index < -0.39 is 0 Å². The van der Waals surface area contributed by atoms with Gasteiger partial charge >= 0.3 is 0 Å². The second kappa shape index (κ2) is 10.4. The predicted molar refractivity (Wildman–Crippen MR) is 141 cm³/mol. The Labute approximate surface area is 216 Å². The van der Waals surface area contributed by atoms with Crippen LogP contribution in [0.3, 0.4) is 0 Å². The molecule has 37 heavy (non-hydrogen) atoms. The van der Waals surface area contributed by atoms with Gasteiger partial charge < -0.3 is 19.9 Å². The number of hydrogen-bond acceptors (Lipinski definition) is 6. The molecule has 0 unspecified atom stereocenters. The van der Waals surface area contributed by atoms with Crippen molar-refractivity contribution in [3.63, 3.8) is 0 Å². The molecule has 0 spiro atoms. The summed E-state index contributed by atoms with van der Waals surface area (Å²) < 4.78 is 5.35. The molecule has 2 atom stereocenters. The van der Waals surface area contributed by atoms with Crippen LogP contribution in [-0.4, -0.2) is 54.0 Å². The highest BCUT2D eigenvalue weighted by molar-refractivity contribution is 5.95. The Morgan fingerprint density at radius 3 is 2.43 bits per heavy atom. The molecule has 1 saturated heterocycles. The molecule has 2 amide bonds. The number of amides is 2. The zero-order valence-corrected chi connectivity index (χ0v) is 21.0. The number of morpholine rings is 1. The number of fused-ring (bicyclic) bond motifs is 1. The van der Waals surface area contributed by atoms with Crippen molar-refractivity contribution in [2.45, 2.75) is 32.4 Å². The summed E-state index contributed by atoms with van der Waals surface area (Å²) in [5.41, 5.74) is 5.03. The lowest BCUT2D eigenvalue weighted by atomic mass is 9.89. The highest BCUT2D eigenvalue weighted by atomic mass is 16.5. The number of ether oxygens (including phenoxy) is 1. The van der Waals surface area contributed by atoms with Gasteiger partial charge in [-0.3, -0.25) is 9.59 Å². The van der Waals surface area contributed by atoms with Crippen LogP contribution in [0.25, 0.3) is 11.1 Å². The van der Waals surface area contributed by atoms with Gasteiger partial charge in [-0.2, -0.15) is 5.26 Å². The van der Waals surface area contributed by atoms with Crippen LogP contribution in [0.4, 0.5) is 11.5 Å². The average molecular weight is 496 g/mol. The Kier molecular flexibility index (Phi) is 6.89. The lowest BCUT2D eigenvalue weighted by Gasteiger charge is -2.39. The van der Waals surface area contributed by atoms with Crippen molar-refractivity contribution in [1.29, 1.82) is 5.26 Å². The first kappa shape index (κ1) is 24.5. The minimum atomic E-state index is -0.0665. The molecule has 0 saturated carbocycles. The minimum Gasteiger partial charge on any atom is -0.378 e. The fourth-order valence-electron chi connectivity index (χ4n) is 5.14. The molecule has 188 valence electrons. The molecule has 3 aromatic rings. The van der Waals surface area contributed by atoms with E-state index in [1.165, 1.54) is 0 Å². The van der Waals surface area contributed by atoms with Gasteiger partial charge in [-0.1, -0.05) is 18.2 Å². The SMILES string of the molecule is CC(=O)N1c2ccc(-c3ccc(C(=O)N4CCOCC4)cc3)cc2[C@H](Nc2ccc(C#N)cn2)C[C@@H]1C. The first-order valence-electron chi connectivity index (χ1n) is 12.5. The van der Waals surface area contributed by atoms with Crippen LogP contribution < -0.4 is 10.2 Å². The highest BCUT2D eigenvalue weighted by Crippen LogP contribution is 2.41. The van der Waals surface area contributed by atoms with Crippen LogP contribution in [0.5, 0.6) is 0 Å². The number of rotatable bonds is 4. The van der Waals surface area contributed by atoms with Gasteiger partial charge in [0, 0.05) is 43.5 Å². The third-order valence-electron chi connectivity index (χ3n) is 7.00. The first-order chi connectivity index (χ1) is 17.9. The predicted octanol–water partition coefficient (Wildman–Crippen LogP) is 4.39. The fourth-order valence-corrected chi connectivity index (χ4v) is 5.14. The van der Waals surface area contributed by atoms with Crippen molar-refractivity contribution in [2.75, 3.05) is 36.5 Å². The van der Waals surface area contributed by atoms with E-state index in [9.17, 15) is 9.59 Å².